The Bertz CT molecular complexity index is 1780. The zero-order chi connectivity index (χ0) is 30.4. The Hall–Kier alpha value is -5.96. The third-order valence-corrected chi connectivity index (χ3v) is 7.31. The summed E-state index contributed by atoms with van der Waals surface area (Å²) in [4.78, 5) is 29.6. The van der Waals surface area contributed by atoms with Crippen molar-refractivity contribution in [1.82, 2.24) is 14.8 Å². The van der Waals surface area contributed by atoms with Gasteiger partial charge in [0, 0.05) is 12.3 Å². The molecule has 0 aliphatic rings. The maximum Gasteiger partial charge on any atom is 0.413 e. The Morgan fingerprint density at radius 3 is 1.77 bits per heavy atom. The van der Waals surface area contributed by atoms with Gasteiger partial charge < -0.3 is 9.47 Å². The van der Waals surface area contributed by atoms with E-state index in [-0.39, 0.29) is 18.2 Å². The molecular formula is C35H29N5O4. The number of nitrogens with one attached hydrogen (secondary N) is 2. The largest absolute Gasteiger partial charge is 0.453 e. The van der Waals surface area contributed by atoms with E-state index < -0.39 is 17.7 Å². The van der Waals surface area contributed by atoms with E-state index in [2.05, 4.69) is 15.6 Å². The van der Waals surface area contributed by atoms with Crippen molar-refractivity contribution < 1.29 is 19.1 Å². The van der Waals surface area contributed by atoms with Gasteiger partial charge in [0.15, 0.2) is 5.82 Å². The molecule has 2 aromatic heterocycles. The molecule has 6 aromatic rings. The van der Waals surface area contributed by atoms with Crippen LogP contribution in [0.1, 0.15) is 22.3 Å². The second-order valence-corrected chi connectivity index (χ2v) is 9.96. The van der Waals surface area contributed by atoms with Crippen LogP contribution in [0.3, 0.4) is 0 Å². The summed E-state index contributed by atoms with van der Waals surface area (Å²) in [5.41, 5.74) is 3.24. The predicted molar refractivity (Wildman–Crippen MR) is 168 cm³/mol. The summed E-state index contributed by atoms with van der Waals surface area (Å²) in [6.45, 7) is 0.0960. The van der Waals surface area contributed by atoms with Gasteiger partial charge in [0.05, 0.1) is 18.0 Å². The molecule has 0 saturated carbocycles. The highest BCUT2D eigenvalue weighted by atomic mass is 16.5. The molecule has 4 aromatic carbocycles. The Morgan fingerprint density at radius 2 is 1.25 bits per heavy atom. The monoisotopic (exact) mass is 583 g/mol. The molecule has 218 valence electrons. The topological polar surface area (TPSA) is 107 Å². The SMILES string of the molecule is COC(=O)Nc1cc2c(cn1)c(NC(=O)OCc1ccccc1)nn2C(c1ccccc1)(c1ccccc1)c1ccccc1. The normalized spacial score (nSPS) is 11.1. The van der Waals surface area contributed by atoms with Crippen LogP contribution in [-0.2, 0) is 21.6 Å². The van der Waals surface area contributed by atoms with Crippen LogP contribution in [0.2, 0.25) is 0 Å². The fraction of sp³-hybridized carbons (Fsp3) is 0.0857. The summed E-state index contributed by atoms with van der Waals surface area (Å²) in [7, 11) is 1.28. The first kappa shape index (κ1) is 28.2. The van der Waals surface area contributed by atoms with E-state index in [4.69, 9.17) is 14.6 Å². The number of amides is 2. The van der Waals surface area contributed by atoms with Crippen molar-refractivity contribution in [3.05, 3.63) is 156 Å². The number of methoxy groups -OCH3 is 1. The fourth-order valence-electron chi connectivity index (χ4n) is 5.34. The van der Waals surface area contributed by atoms with E-state index in [1.54, 1.807) is 12.3 Å². The van der Waals surface area contributed by atoms with E-state index in [9.17, 15) is 9.59 Å². The lowest BCUT2D eigenvalue weighted by molar-refractivity contribution is 0.155. The zero-order valence-corrected chi connectivity index (χ0v) is 23.9. The molecule has 0 aliphatic heterocycles. The lowest BCUT2D eigenvalue weighted by Gasteiger charge is -2.37. The molecule has 9 heteroatoms. The molecule has 0 unspecified atom stereocenters. The maximum absolute atomic E-state index is 13.1. The molecule has 0 spiro atoms. The van der Waals surface area contributed by atoms with Crippen molar-refractivity contribution in [3.63, 3.8) is 0 Å². The van der Waals surface area contributed by atoms with E-state index in [0.29, 0.717) is 10.9 Å². The van der Waals surface area contributed by atoms with Gasteiger partial charge in [0.1, 0.15) is 18.0 Å². The number of carbonyl (C=O) groups excluding carboxylic acids is 2. The highest BCUT2D eigenvalue weighted by Gasteiger charge is 2.41. The summed E-state index contributed by atoms with van der Waals surface area (Å²) in [5.74, 6) is 0.508. The molecule has 2 N–H and O–H groups in total. The minimum Gasteiger partial charge on any atom is -0.453 e. The van der Waals surface area contributed by atoms with Gasteiger partial charge in [0.2, 0.25) is 0 Å². The summed E-state index contributed by atoms with van der Waals surface area (Å²) in [6, 6.07) is 41.2. The summed E-state index contributed by atoms with van der Waals surface area (Å²) < 4.78 is 12.2. The first-order valence-electron chi connectivity index (χ1n) is 14.0. The van der Waals surface area contributed by atoms with Crippen molar-refractivity contribution >= 4 is 34.7 Å². The van der Waals surface area contributed by atoms with Gasteiger partial charge >= 0.3 is 12.2 Å². The molecule has 0 saturated heterocycles. The molecule has 0 bridgehead atoms. The second kappa shape index (κ2) is 12.5. The van der Waals surface area contributed by atoms with Crippen molar-refractivity contribution in [1.29, 1.82) is 0 Å². The van der Waals surface area contributed by atoms with Crippen LogP contribution in [0.25, 0.3) is 10.9 Å². The maximum atomic E-state index is 13.1. The Kier molecular flexibility index (Phi) is 8.00. The molecule has 0 fully saturated rings. The number of benzene rings is 4. The predicted octanol–water partition coefficient (Wildman–Crippen LogP) is 7.20. The molecule has 0 aliphatic carbocycles. The van der Waals surface area contributed by atoms with Crippen LogP contribution in [0.4, 0.5) is 21.2 Å². The number of pyridine rings is 1. The van der Waals surface area contributed by atoms with Crippen molar-refractivity contribution in [2.24, 2.45) is 0 Å². The number of carbonyl (C=O) groups is 2. The van der Waals surface area contributed by atoms with Gasteiger partial charge in [-0.05, 0) is 22.3 Å². The van der Waals surface area contributed by atoms with Gasteiger partial charge in [-0.1, -0.05) is 121 Å². The van der Waals surface area contributed by atoms with E-state index in [0.717, 1.165) is 22.3 Å². The number of ether oxygens (including phenoxy) is 2. The minimum atomic E-state index is -1.00. The van der Waals surface area contributed by atoms with E-state index >= 15 is 0 Å². The third kappa shape index (κ3) is 5.46. The first-order chi connectivity index (χ1) is 21.6. The molecular weight excluding hydrogens is 554 g/mol. The van der Waals surface area contributed by atoms with Crippen LogP contribution >= 0.6 is 0 Å². The number of anilines is 2. The number of hydrogen-bond acceptors (Lipinski definition) is 6. The van der Waals surface area contributed by atoms with Crippen molar-refractivity contribution in [2.75, 3.05) is 17.7 Å². The molecule has 0 atom stereocenters. The van der Waals surface area contributed by atoms with Crippen LogP contribution < -0.4 is 10.6 Å². The molecule has 2 amide bonds. The highest BCUT2D eigenvalue weighted by Crippen LogP contribution is 2.43. The van der Waals surface area contributed by atoms with Crippen LogP contribution in [-0.4, -0.2) is 34.1 Å². The molecule has 9 nitrogen and oxygen atoms in total. The molecule has 44 heavy (non-hydrogen) atoms. The molecule has 0 radical (unpaired) electrons. The number of fused-ring (bicyclic) bond motifs is 1. The van der Waals surface area contributed by atoms with Gasteiger partial charge in [-0.15, -0.1) is 0 Å². The average molecular weight is 584 g/mol. The number of aromatic nitrogens is 3. The Balaban J connectivity index is 1.57. The second-order valence-electron chi connectivity index (χ2n) is 9.96. The number of rotatable bonds is 8. The van der Waals surface area contributed by atoms with Gasteiger partial charge in [0.25, 0.3) is 0 Å². The molecule has 6 rings (SSSR count). The average Bonchev–Trinajstić information content (AvgIpc) is 3.43. The van der Waals surface area contributed by atoms with Crippen LogP contribution in [0.5, 0.6) is 0 Å². The number of nitrogens with zero attached hydrogens (tertiary/aromatic N) is 3. The Labute approximate surface area is 254 Å². The smallest absolute Gasteiger partial charge is 0.413 e. The lowest BCUT2D eigenvalue weighted by Crippen LogP contribution is -2.38. The first-order valence-corrected chi connectivity index (χ1v) is 14.0. The summed E-state index contributed by atoms with van der Waals surface area (Å²) in [5, 5.41) is 11.1. The van der Waals surface area contributed by atoms with E-state index in [1.165, 1.54) is 7.11 Å². The van der Waals surface area contributed by atoms with Crippen molar-refractivity contribution in [3.8, 4) is 0 Å². The third-order valence-electron chi connectivity index (χ3n) is 7.31. The summed E-state index contributed by atoms with van der Waals surface area (Å²) in [6.07, 6.45) is 0.232. The minimum absolute atomic E-state index is 0.0960. The van der Waals surface area contributed by atoms with Gasteiger partial charge in [-0.2, -0.15) is 5.10 Å². The molecule has 2 heterocycles. The standard InChI is InChI=1S/C35H29N5O4/c1-43-33(41)37-31-22-30-29(23-36-31)32(38-34(42)44-24-25-14-6-2-7-15-25)39-40(30)35(26-16-8-3-9-17-26,27-18-10-4-11-19-27)28-20-12-5-13-21-28/h2-23H,24H2,1H3,(H,36,37,41)(H,38,39,42). The van der Waals surface area contributed by atoms with Crippen molar-refractivity contribution in [2.45, 2.75) is 12.1 Å². The number of hydrogen-bond donors (Lipinski definition) is 2. The highest BCUT2D eigenvalue weighted by molar-refractivity contribution is 5.99. The summed E-state index contributed by atoms with van der Waals surface area (Å²) >= 11 is 0. The van der Waals surface area contributed by atoms with Crippen LogP contribution in [0.15, 0.2) is 134 Å². The van der Waals surface area contributed by atoms with Crippen LogP contribution in [0, 0.1) is 0 Å². The van der Waals surface area contributed by atoms with Gasteiger partial charge in [-0.3, -0.25) is 10.6 Å². The zero-order valence-electron chi connectivity index (χ0n) is 23.9. The van der Waals surface area contributed by atoms with Gasteiger partial charge in [-0.25, -0.2) is 19.3 Å². The lowest BCUT2D eigenvalue weighted by atomic mass is 9.77. The fourth-order valence-corrected chi connectivity index (χ4v) is 5.34. The quantitative estimate of drug-likeness (QED) is 0.184. The Morgan fingerprint density at radius 1 is 0.727 bits per heavy atom. The van der Waals surface area contributed by atoms with E-state index in [1.807, 2.05) is 126 Å².